The zero-order chi connectivity index (χ0) is 14.0. The molecule has 0 aliphatic heterocycles. The Balaban J connectivity index is 2.53. The summed E-state index contributed by atoms with van der Waals surface area (Å²) >= 11 is 0. The second-order valence-electron chi connectivity index (χ2n) is 5.65. The maximum absolute atomic E-state index is 11.6. The van der Waals surface area contributed by atoms with Crippen LogP contribution < -0.4 is 5.32 Å². The molecule has 1 aliphatic rings. The van der Waals surface area contributed by atoms with Crippen LogP contribution in [0, 0.1) is 5.92 Å². The quantitative estimate of drug-likeness (QED) is 0.811. The van der Waals surface area contributed by atoms with E-state index in [-0.39, 0.29) is 17.7 Å². The van der Waals surface area contributed by atoms with Gasteiger partial charge in [0.2, 0.25) is 9.05 Å². The highest BCUT2D eigenvalue weighted by Gasteiger charge is 2.32. The summed E-state index contributed by atoms with van der Waals surface area (Å²) in [7, 11) is 1.72. The molecule has 0 aromatic carbocycles. The molecule has 1 fully saturated rings. The monoisotopic (exact) mass is 297 g/mol. The third-order valence-corrected chi connectivity index (χ3v) is 3.98. The third kappa shape index (κ3) is 5.91. The van der Waals surface area contributed by atoms with Crippen LogP contribution in [0.15, 0.2) is 0 Å². The molecule has 1 saturated carbocycles. The van der Waals surface area contributed by atoms with Crippen molar-refractivity contribution in [3.05, 3.63) is 0 Å². The van der Waals surface area contributed by atoms with Crippen molar-refractivity contribution in [1.82, 2.24) is 5.32 Å². The Bertz CT molecular complexity index is 402. The molecule has 1 aliphatic carbocycles. The molecule has 0 saturated heterocycles. The molecule has 0 spiro atoms. The van der Waals surface area contributed by atoms with E-state index in [1.165, 1.54) is 0 Å². The summed E-state index contributed by atoms with van der Waals surface area (Å²) in [6.45, 7) is 5.34. The highest BCUT2D eigenvalue weighted by Crippen LogP contribution is 2.28. The van der Waals surface area contributed by atoms with Crippen molar-refractivity contribution in [2.45, 2.75) is 51.7 Å². The molecule has 1 rings (SSSR count). The van der Waals surface area contributed by atoms with Gasteiger partial charge in [-0.2, -0.15) is 0 Å². The van der Waals surface area contributed by atoms with Gasteiger partial charge in [0.15, 0.2) is 0 Å². The van der Waals surface area contributed by atoms with Crippen molar-refractivity contribution in [2.24, 2.45) is 5.92 Å². The van der Waals surface area contributed by atoms with Crippen LogP contribution in [-0.4, -0.2) is 31.9 Å². The van der Waals surface area contributed by atoms with Gasteiger partial charge >= 0.3 is 6.09 Å². The molecule has 0 radical (unpaired) electrons. The van der Waals surface area contributed by atoms with E-state index >= 15 is 0 Å². The molecule has 7 heteroatoms. The smallest absolute Gasteiger partial charge is 0.407 e. The number of hydrogen-bond acceptors (Lipinski definition) is 4. The van der Waals surface area contributed by atoms with Crippen LogP contribution in [0.1, 0.15) is 40.0 Å². The maximum Gasteiger partial charge on any atom is 0.407 e. The first kappa shape index (κ1) is 15.6. The third-order valence-electron chi connectivity index (χ3n) is 2.77. The SMILES string of the molecule is CC(C)(C)OC(=O)NC1CCCC1CS(=O)(=O)Cl. The van der Waals surface area contributed by atoms with Crippen molar-refractivity contribution >= 4 is 25.8 Å². The fraction of sp³-hybridized carbons (Fsp3) is 0.909. The number of carbonyl (C=O) groups is 1. The zero-order valence-electron chi connectivity index (χ0n) is 10.9. The molecule has 18 heavy (non-hydrogen) atoms. The molecule has 0 aromatic heterocycles. The summed E-state index contributed by atoms with van der Waals surface area (Å²) in [6, 6.07) is -0.173. The number of ether oxygens (including phenoxy) is 1. The van der Waals surface area contributed by atoms with E-state index in [9.17, 15) is 13.2 Å². The minimum absolute atomic E-state index is 0.102. The number of nitrogens with one attached hydrogen (secondary N) is 1. The summed E-state index contributed by atoms with van der Waals surface area (Å²) in [6.07, 6.45) is 1.90. The first-order valence-corrected chi connectivity index (χ1v) is 8.46. The van der Waals surface area contributed by atoms with Crippen molar-refractivity contribution in [3.8, 4) is 0 Å². The van der Waals surface area contributed by atoms with E-state index in [2.05, 4.69) is 5.32 Å². The first-order chi connectivity index (χ1) is 8.07. The molecular formula is C11H20ClNO4S. The Kier molecular flexibility index (Phi) is 4.89. The normalized spacial score (nSPS) is 24.9. The lowest BCUT2D eigenvalue weighted by atomic mass is 10.1. The van der Waals surface area contributed by atoms with E-state index in [0.29, 0.717) is 0 Å². The number of halogens is 1. The highest BCUT2D eigenvalue weighted by molar-refractivity contribution is 8.13. The number of rotatable bonds is 3. The highest BCUT2D eigenvalue weighted by atomic mass is 35.7. The van der Waals surface area contributed by atoms with Gasteiger partial charge in [0.05, 0.1) is 5.75 Å². The molecule has 0 heterocycles. The number of amides is 1. The van der Waals surface area contributed by atoms with Crippen LogP contribution in [0.5, 0.6) is 0 Å². The van der Waals surface area contributed by atoms with E-state index in [4.69, 9.17) is 15.4 Å². The predicted octanol–water partition coefficient (Wildman–Crippen LogP) is 2.25. The Labute approximate surface area is 113 Å². The van der Waals surface area contributed by atoms with Crippen molar-refractivity contribution < 1.29 is 17.9 Å². The zero-order valence-corrected chi connectivity index (χ0v) is 12.5. The van der Waals surface area contributed by atoms with Crippen molar-refractivity contribution in [1.29, 1.82) is 0 Å². The molecule has 1 N–H and O–H groups in total. The van der Waals surface area contributed by atoms with Crippen molar-refractivity contribution in [3.63, 3.8) is 0 Å². The van der Waals surface area contributed by atoms with Gasteiger partial charge in [-0.05, 0) is 39.5 Å². The van der Waals surface area contributed by atoms with Gasteiger partial charge in [-0.25, -0.2) is 13.2 Å². The van der Waals surface area contributed by atoms with Crippen LogP contribution in [0.25, 0.3) is 0 Å². The average molecular weight is 298 g/mol. The largest absolute Gasteiger partial charge is 0.444 e. The molecule has 5 nitrogen and oxygen atoms in total. The maximum atomic E-state index is 11.6. The van der Waals surface area contributed by atoms with Crippen molar-refractivity contribution in [2.75, 3.05) is 5.75 Å². The summed E-state index contributed by atoms with van der Waals surface area (Å²) in [5, 5.41) is 2.72. The van der Waals surface area contributed by atoms with E-state index < -0.39 is 20.7 Å². The molecular weight excluding hydrogens is 278 g/mol. The van der Waals surface area contributed by atoms with Gasteiger partial charge in [-0.3, -0.25) is 0 Å². The van der Waals surface area contributed by atoms with Gasteiger partial charge in [-0.1, -0.05) is 6.42 Å². The molecule has 0 bridgehead atoms. The molecule has 106 valence electrons. The van der Waals surface area contributed by atoms with Gasteiger partial charge in [0, 0.05) is 16.7 Å². The minimum Gasteiger partial charge on any atom is -0.444 e. The van der Waals surface area contributed by atoms with E-state index in [1.54, 1.807) is 20.8 Å². The topological polar surface area (TPSA) is 72.5 Å². The number of carbonyl (C=O) groups excluding carboxylic acids is 1. The lowest BCUT2D eigenvalue weighted by Gasteiger charge is -2.24. The Morgan fingerprint density at radius 2 is 2.00 bits per heavy atom. The summed E-state index contributed by atoms with van der Waals surface area (Å²) < 4.78 is 27.3. The Morgan fingerprint density at radius 3 is 2.50 bits per heavy atom. The van der Waals surface area contributed by atoms with Crippen LogP contribution in [0.4, 0.5) is 4.79 Å². The summed E-state index contributed by atoms with van der Waals surface area (Å²) in [5.41, 5.74) is -0.559. The van der Waals surface area contributed by atoms with Crippen LogP contribution in [0.2, 0.25) is 0 Å². The predicted molar refractivity (Wildman–Crippen MR) is 70.1 cm³/mol. The number of hydrogen-bond donors (Lipinski definition) is 1. The summed E-state index contributed by atoms with van der Waals surface area (Å²) in [4.78, 5) is 11.6. The van der Waals surface area contributed by atoms with Crippen LogP contribution >= 0.6 is 10.7 Å². The minimum atomic E-state index is -3.53. The first-order valence-electron chi connectivity index (χ1n) is 5.99. The van der Waals surface area contributed by atoms with Gasteiger partial charge in [0.1, 0.15) is 5.60 Å². The van der Waals surface area contributed by atoms with E-state index in [0.717, 1.165) is 19.3 Å². The van der Waals surface area contributed by atoms with Gasteiger partial charge < -0.3 is 10.1 Å². The lowest BCUT2D eigenvalue weighted by Crippen LogP contribution is -2.42. The Hall–Kier alpha value is -0.490. The molecule has 2 atom stereocenters. The second-order valence-corrected chi connectivity index (χ2v) is 8.47. The average Bonchev–Trinajstić information content (AvgIpc) is 2.45. The molecule has 1 amide bonds. The van der Waals surface area contributed by atoms with Gasteiger partial charge in [0.25, 0.3) is 0 Å². The molecule has 0 aromatic rings. The van der Waals surface area contributed by atoms with E-state index in [1.807, 2.05) is 0 Å². The van der Waals surface area contributed by atoms with Crippen LogP contribution in [-0.2, 0) is 13.8 Å². The lowest BCUT2D eigenvalue weighted by molar-refractivity contribution is 0.0495. The molecule has 2 unspecified atom stereocenters. The fourth-order valence-electron chi connectivity index (χ4n) is 2.14. The standard InChI is InChI=1S/C11H20ClNO4S/c1-11(2,3)17-10(14)13-9-6-4-5-8(9)7-18(12,15)16/h8-9H,4-7H2,1-3H3,(H,13,14). The van der Waals surface area contributed by atoms with Gasteiger partial charge in [-0.15, -0.1) is 0 Å². The summed E-state index contributed by atoms with van der Waals surface area (Å²) in [5.74, 6) is -0.227. The fourth-order valence-corrected chi connectivity index (χ4v) is 3.54. The number of alkyl carbamates (subject to hydrolysis) is 1. The Morgan fingerprint density at radius 1 is 1.39 bits per heavy atom. The second kappa shape index (κ2) is 5.65. The van der Waals surface area contributed by atoms with Crippen LogP contribution in [0.3, 0.4) is 0 Å².